The lowest BCUT2D eigenvalue weighted by Crippen LogP contribution is -2.36. The van der Waals surface area contributed by atoms with Crippen molar-refractivity contribution in [3.05, 3.63) is 48.0 Å². The van der Waals surface area contributed by atoms with Gasteiger partial charge in [0.25, 0.3) is 10.0 Å². The maximum absolute atomic E-state index is 12.7. The third kappa shape index (κ3) is 3.91. The van der Waals surface area contributed by atoms with Crippen LogP contribution >= 0.6 is 0 Å². The van der Waals surface area contributed by atoms with Gasteiger partial charge in [0.1, 0.15) is 0 Å². The summed E-state index contributed by atoms with van der Waals surface area (Å²) < 4.78 is 33.4. The van der Waals surface area contributed by atoms with Gasteiger partial charge in [0.2, 0.25) is 5.91 Å². The third-order valence-electron chi connectivity index (χ3n) is 4.78. The van der Waals surface area contributed by atoms with Crippen molar-refractivity contribution in [2.45, 2.75) is 17.7 Å². The van der Waals surface area contributed by atoms with Crippen molar-refractivity contribution < 1.29 is 17.9 Å². The molecule has 2 heterocycles. The Morgan fingerprint density at radius 2 is 1.74 bits per heavy atom. The highest BCUT2D eigenvalue weighted by Gasteiger charge is 2.20. The van der Waals surface area contributed by atoms with Crippen LogP contribution in [0.4, 0.5) is 17.1 Å². The summed E-state index contributed by atoms with van der Waals surface area (Å²) in [6.45, 7) is 3.06. The average molecular weight is 387 g/mol. The number of hydrogen-bond acceptors (Lipinski definition) is 5. The predicted octanol–water partition coefficient (Wildman–Crippen LogP) is 2.21. The van der Waals surface area contributed by atoms with E-state index in [4.69, 9.17) is 4.74 Å². The fourth-order valence-electron chi connectivity index (χ4n) is 3.30. The molecule has 0 aliphatic carbocycles. The molecule has 2 aromatic rings. The zero-order valence-corrected chi connectivity index (χ0v) is 15.6. The molecule has 7 nitrogen and oxygen atoms in total. The van der Waals surface area contributed by atoms with Crippen LogP contribution in [0.2, 0.25) is 0 Å². The van der Waals surface area contributed by atoms with Crippen molar-refractivity contribution in [2.75, 3.05) is 41.2 Å². The lowest BCUT2D eigenvalue weighted by atomic mass is 10.0. The molecule has 0 unspecified atom stereocenters. The molecule has 0 aromatic heterocycles. The van der Waals surface area contributed by atoms with Gasteiger partial charge in [0, 0.05) is 36.6 Å². The number of amides is 1. The Bertz CT molecular complexity index is 951. The van der Waals surface area contributed by atoms with E-state index in [1.54, 1.807) is 24.3 Å². The van der Waals surface area contributed by atoms with Gasteiger partial charge in [0.15, 0.2) is 0 Å². The Balaban J connectivity index is 1.50. The number of anilines is 3. The minimum absolute atomic E-state index is 0.0448. The Labute approximate surface area is 158 Å². The second-order valence-corrected chi connectivity index (χ2v) is 8.30. The lowest BCUT2D eigenvalue weighted by molar-refractivity contribution is -0.116. The maximum atomic E-state index is 12.7. The van der Waals surface area contributed by atoms with E-state index in [-0.39, 0.29) is 10.8 Å². The number of carbonyl (C=O) groups is 1. The third-order valence-corrected chi connectivity index (χ3v) is 6.16. The molecule has 0 bridgehead atoms. The molecule has 0 spiro atoms. The van der Waals surface area contributed by atoms with Gasteiger partial charge in [-0.25, -0.2) is 8.42 Å². The molecule has 2 aromatic carbocycles. The number of aryl methyl sites for hydroxylation is 1. The van der Waals surface area contributed by atoms with Crippen LogP contribution in [0.5, 0.6) is 0 Å². The van der Waals surface area contributed by atoms with Crippen molar-refractivity contribution in [3.63, 3.8) is 0 Å². The van der Waals surface area contributed by atoms with Gasteiger partial charge in [-0.2, -0.15) is 0 Å². The summed E-state index contributed by atoms with van der Waals surface area (Å²) in [6.07, 6.45) is 0.908. The Kier molecular flexibility index (Phi) is 4.75. The van der Waals surface area contributed by atoms with Crippen LogP contribution in [0.25, 0.3) is 0 Å². The summed E-state index contributed by atoms with van der Waals surface area (Å²) in [5.74, 6) is -0.0448. The summed E-state index contributed by atoms with van der Waals surface area (Å²) in [5.41, 5.74) is 3.07. The number of ether oxygens (including phenoxy) is 1. The summed E-state index contributed by atoms with van der Waals surface area (Å²) in [5, 5.41) is 2.76. The molecule has 0 atom stereocenters. The highest BCUT2D eigenvalue weighted by molar-refractivity contribution is 7.92. The van der Waals surface area contributed by atoms with E-state index in [0.717, 1.165) is 24.3 Å². The van der Waals surface area contributed by atoms with Crippen LogP contribution in [-0.2, 0) is 26.0 Å². The minimum atomic E-state index is -3.69. The Hall–Kier alpha value is -2.58. The summed E-state index contributed by atoms with van der Waals surface area (Å²) in [6, 6.07) is 12.1. The molecule has 2 N–H and O–H groups in total. The maximum Gasteiger partial charge on any atom is 0.261 e. The average Bonchev–Trinajstić information content (AvgIpc) is 2.68. The molecular weight excluding hydrogens is 366 g/mol. The topological polar surface area (TPSA) is 87.7 Å². The zero-order valence-electron chi connectivity index (χ0n) is 14.8. The van der Waals surface area contributed by atoms with E-state index in [1.165, 1.54) is 6.07 Å². The van der Waals surface area contributed by atoms with Crippen LogP contribution in [0.15, 0.2) is 47.4 Å². The van der Waals surface area contributed by atoms with Crippen LogP contribution < -0.4 is 14.9 Å². The number of benzene rings is 2. The second-order valence-electron chi connectivity index (χ2n) is 6.62. The standard InChI is InChI=1S/C19H21N3O4S/c23-19-8-1-14-13-17(6-7-18(14)20-19)27(24,25)21-15-2-4-16(5-3-15)22-9-11-26-12-10-22/h2-7,13,21H,1,8-12H2,(H,20,23). The first-order chi connectivity index (χ1) is 13.0. The number of nitrogens with one attached hydrogen (secondary N) is 2. The minimum Gasteiger partial charge on any atom is -0.378 e. The number of fused-ring (bicyclic) bond motifs is 1. The number of nitrogens with zero attached hydrogens (tertiary/aromatic N) is 1. The van der Waals surface area contributed by atoms with Crippen LogP contribution in [0.1, 0.15) is 12.0 Å². The van der Waals surface area contributed by atoms with E-state index < -0.39 is 10.0 Å². The van der Waals surface area contributed by atoms with Gasteiger partial charge >= 0.3 is 0 Å². The van der Waals surface area contributed by atoms with Crippen LogP contribution in [0.3, 0.4) is 0 Å². The number of sulfonamides is 1. The molecule has 0 radical (unpaired) electrons. The Morgan fingerprint density at radius 1 is 1.00 bits per heavy atom. The molecule has 2 aliphatic rings. The molecule has 8 heteroatoms. The molecule has 0 saturated carbocycles. The van der Waals surface area contributed by atoms with Gasteiger partial charge < -0.3 is 15.0 Å². The normalized spacial score (nSPS) is 17.2. The molecule has 4 rings (SSSR count). The smallest absolute Gasteiger partial charge is 0.261 e. The first-order valence-corrected chi connectivity index (χ1v) is 10.4. The first-order valence-electron chi connectivity index (χ1n) is 8.90. The number of morpholine rings is 1. The molecule has 1 amide bonds. The molecule has 2 aliphatic heterocycles. The number of hydrogen-bond donors (Lipinski definition) is 2. The molecule has 27 heavy (non-hydrogen) atoms. The van der Waals surface area contributed by atoms with E-state index in [0.29, 0.717) is 37.4 Å². The number of rotatable bonds is 4. The largest absolute Gasteiger partial charge is 0.378 e. The summed E-state index contributed by atoms with van der Waals surface area (Å²) >= 11 is 0. The van der Waals surface area contributed by atoms with Crippen LogP contribution in [-0.4, -0.2) is 40.6 Å². The van der Waals surface area contributed by atoms with Gasteiger partial charge in [-0.3, -0.25) is 9.52 Å². The van der Waals surface area contributed by atoms with Crippen molar-refractivity contribution in [1.82, 2.24) is 0 Å². The lowest BCUT2D eigenvalue weighted by Gasteiger charge is -2.28. The van der Waals surface area contributed by atoms with Crippen molar-refractivity contribution in [3.8, 4) is 0 Å². The molecule has 142 valence electrons. The predicted molar refractivity (Wildman–Crippen MR) is 104 cm³/mol. The van der Waals surface area contributed by atoms with Gasteiger partial charge in [-0.1, -0.05) is 0 Å². The fourth-order valence-corrected chi connectivity index (χ4v) is 4.41. The van der Waals surface area contributed by atoms with E-state index in [1.807, 2.05) is 12.1 Å². The Morgan fingerprint density at radius 3 is 2.48 bits per heavy atom. The fraction of sp³-hybridized carbons (Fsp3) is 0.316. The molecule has 1 fully saturated rings. The van der Waals surface area contributed by atoms with Crippen molar-refractivity contribution in [2.24, 2.45) is 0 Å². The van der Waals surface area contributed by atoms with Gasteiger partial charge in [0.05, 0.1) is 18.1 Å². The monoisotopic (exact) mass is 387 g/mol. The van der Waals surface area contributed by atoms with E-state index in [2.05, 4.69) is 14.9 Å². The molecular formula is C19H21N3O4S. The van der Waals surface area contributed by atoms with Crippen LogP contribution in [0, 0.1) is 0 Å². The summed E-state index contributed by atoms with van der Waals surface area (Å²) in [4.78, 5) is 13.8. The first kappa shape index (κ1) is 17.8. The van der Waals surface area contributed by atoms with E-state index in [9.17, 15) is 13.2 Å². The van der Waals surface area contributed by atoms with Crippen molar-refractivity contribution >= 4 is 33.0 Å². The quantitative estimate of drug-likeness (QED) is 0.840. The summed E-state index contributed by atoms with van der Waals surface area (Å²) in [7, 11) is -3.69. The van der Waals surface area contributed by atoms with Crippen molar-refractivity contribution in [1.29, 1.82) is 0 Å². The highest BCUT2D eigenvalue weighted by Crippen LogP contribution is 2.27. The van der Waals surface area contributed by atoms with Gasteiger partial charge in [-0.05, 0) is 54.4 Å². The number of carbonyl (C=O) groups excluding carboxylic acids is 1. The van der Waals surface area contributed by atoms with Gasteiger partial charge in [-0.15, -0.1) is 0 Å². The highest BCUT2D eigenvalue weighted by atomic mass is 32.2. The molecule has 1 saturated heterocycles. The SMILES string of the molecule is O=C1CCc2cc(S(=O)(=O)Nc3ccc(N4CCOCC4)cc3)ccc2N1. The second kappa shape index (κ2) is 7.21. The zero-order chi connectivity index (χ0) is 18.9. The van der Waals surface area contributed by atoms with E-state index >= 15 is 0 Å².